The van der Waals surface area contributed by atoms with Crippen molar-refractivity contribution in [1.82, 2.24) is 4.98 Å². The first-order valence-electron chi connectivity index (χ1n) is 6.14. The van der Waals surface area contributed by atoms with E-state index in [1.807, 2.05) is 36.4 Å². The molecule has 1 aromatic carbocycles. The summed E-state index contributed by atoms with van der Waals surface area (Å²) in [7, 11) is 1.42. The highest BCUT2D eigenvalue weighted by Crippen LogP contribution is 2.18. The van der Waals surface area contributed by atoms with Gasteiger partial charge in [0.05, 0.1) is 19.0 Å². The molecule has 21 heavy (non-hydrogen) atoms. The number of aromatic nitrogens is 1. The van der Waals surface area contributed by atoms with Gasteiger partial charge in [-0.05, 0) is 11.6 Å². The van der Waals surface area contributed by atoms with Gasteiger partial charge >= 0.3 is 6.09 Å². The van der Waals surface area contributed by atoms with Gasteiger partial charge in [0, 0.05) is 0 Å². The van der Waals surface area contributed by atoms with Crippen molar-refractivity contribution in [2.45, 2.75) is 6.61 Å². The Morgan fingerprint density at radius 2 is 2.14 bits per heavy atom. The van der Waals surface area contributed by atoms with Crippen LogP contribution in [0.1, 0.15) is 11.1 Å². The van der Waals surface area contributed by atoms with E-state index < -0.39 is 6.09 Å². The minimum Gasteiger partial charge on any atom is -0.480 e. The van der Waals surface area contributed by atoms with Gasteiger partial charge < -0.3 is 9.47 Å². The molecule has 1 amide bonds. The molecule has 0 aliphatic rings. The molecule has 2 aromatic rings. The number of amides is 1. The quantitative estimate of drug-likeness (QED) is 0.932. The van der Waals surface area contributed by atoms with E-state index in [4.69, 9.17) is 14.7 Å². The van der Waals surface area contributed by atoms with E-state index in [-0.39, 0.29) is 18.1 Å². The summed E-state index contributed by atoms with van der Waals surface area (Å²) in [6.07, 6.45) is 0.776. The molecule has 0 atom stereocenters. The Labute approximate surface area is 121 Å². The Balaban J connectivity index is 1.95. The van der Waals surface area contributed by atoms with Crippen molar-refractivity contribution in [3.63, 3.8) is 0 Å². The van der Waals surface area contributed by atoms with Gasteiger partial charge in [0.25, 0.3) is 0 Å². The van der Waals surface area contributed by atoms with Gasteiger partial charge in [0.15, 0.2) is 0 Å². The maximum absolute atomic E-state index is 11.7. The second kappa shape index (κ2) is 6.91. The van der Waals surface area contributed by atoms with E-state index >= 15 is 0 Å². The molecule has 106 valence electrons. The van der Waals surface area contributed by atoms with Crippen LogP contribution in [-0.4, -0.2) is 18.2 Å². The molecule has 0 saturated heterocycles. The number of carbonyl (C=O) groups excluding carboxylic acids is 1. The average Bonchev–Trinajstić information content (AvgIpc) is 2.53. The number of anilines is 1. The lowest BCUT2D eigenvalue weighted by Crippen LogP contribution is -2.14. The third kappa shape index (κ3) is 3.94. The molecule has 0 saturated carbocycles. The number of ether oxygens (including phenoxy) is 2. The van der Waals surface area contributed by atoms with Gasteiger partial charge in [-0.1, -0.05) is 30.3 Å². The zero-order valence-electron chi connectivity index (χ0n) is 11.4. The van der Waals surface area contributed by atoms with Crippen molar-refractivity contribution in [3.05, 3.63) is 53.7 Å². The molecule has 0 aliphatic heterocycles. The number of nitrogens with zero attached hydrogens (tertiary/aromatic N) is 2. The second-order valence-corrected chi connectivity index (χ2v) is 4.08. The fourth-order valence-electron chi connectivity index (χ4n) is 1.64. The largest absolute Gasteiger partial charge is 0.480 e. The third-order valence-electron chi connectivity index (χ3n) is 2.62. The first-order valence-corrected chi connectivity index (χ1v) is 6.14. The van der Waals surface area contributed by atoms with E-state index in [0.717, 1.165) is 5.56 Å². The summed E-state index contributed by atoms with van der Waals surface area (Å²) < 4.78 is 9.99. The van der Waals surface area contributed by atoms with Gasteiger partial charge in [-0.15, -0.1) is 0 Å². The van der Waals surface area contributed by atoms with Crippen molar-refractivity contribution < 1.29 is 14.3 Å². The van der Waals surface area contributed by atoms with Gasteiger partial charge in [-0.2, -0.15) is 5.26 Å². The highest BCUT2D eigenvalue weighted by atomic mass is 16.5. The smallest absolute Gasteiger partial charge is 0.412 e. The van der Waals surface area contributed by atoms with Crippen LogP contribution < -0.4 is 10.1 Å². The Kier molecular flexibility index (Phi) is 4.72. The number of carbonyl (C=O) groups is 1. The number of methoxy groups -OCH3 is 1. The monoisotopic (exact) mass is 283 g/mol. The van der Waals surface area contributed by atoms with Crippen LogP contribution in [0.5, 0.6) is 5.88 Å². The van der Waals surface area contributed by atoms with Crippen LogP contribution in [0, 0.1) is 11.3 Å². The summed E-state index contributed by atoms with van der Waals surface area (Å²) in [6.45, 7) is 0.168. The molecule has 2 rings (SSSR count). The number of rotatable bonds is 4. The Morgan fingerprint density at radius 1 is 1.38 bits per heavy atom. The Morgan fingerprint density at radius 3 is 2.81 bits per heavy atom. The lowest BCUT2D eigenvalue weighted by molar-refractivity contribution is 0.155. The summed E-state index contributed by atoms with van der Waals surface area (Å²) >= 11 is 0. The summed E-state index contributed by atoms with van der Waals surface area (Å²) in [5, 5.41) is 11.5. The lowest BCUT2D eigenvalue weighted by atomic mass is 10.2. The number of nitriles is 1. The lowest BCUT2D eigenvalue weighted by Gasteiger charge is -2.08. The SMILES string of the molecule is COc1ncc(NC(=O)OCc2ccccc2)cc1C#N. The molecule has 1 N–H and O–H groups in total. The van der Waals surface area contributed by atoms with Crippen molar-refractivity contribution in [3.8, 4) is 11.9 Å². The molecule has 0 spiro atoms. The molecule has 0 aliphatic carbocycles. The molecule has 1 aromatic heterocycles. The fraction of sp³-hybridized carbons (Fsp3) is 0.133. The Hall–Kier alpha value is -3.07. The van der Waals surface area contributed by atoms with Crippen LogP contribution in [0.25, 0.3) is 0 Å². The summed E-state index contributed by atoms with van der Waals surface area (Å²) in [6, 6.07) is 12.7. The maximum atomic E-state index is 11.7. The fourth-order valence-corrected chi connectivity index (χ4v) is 1.64. The van der Waals surface area contributed by atoms with Crippen LogP contribution >= 0.6 is 0 Å². The van der Waals surface area contributed by atoms with E-state index in [1.165, 1.54) is 19.4 Å². The van der Waals surface area contributed by atoms with Gasteiger partial charge in [-0.25, -0.2) is 9.78 Å². The van der Waals surface area contributed by atoms with E-state index in [1.54, 1.807) is 0 Å². The predicted octanol–water partition coefficient (Wildman–Crippen LogP) is 2.71. The molecule has 0 radical (unpaired) electrons. The first kappa shape index (κ1) is 14.3. The van der Waals surface area contributed by atoms with Crippen LogP contribution in [0.3, 0.4) is 0 Å². The van der Waals surface area contributed by atoms with Gasteiger partial charge in [-0.3, -0.25) is 5.32 Å². The molecular formula is C15H13N3O3. The maximum Gasteiger partial charge on any atom is 0.412 e. The number of hydrogen-bond donors (Lipinski definition) is 1. The minimum absolute atomic E-state index is 0.168. The third-order valence-corrected chi connectivity index (χ3v) is 2.62. The number of pyridine rings is 1. The molecule has 0 unspecified atom stereocenters. The molecule has 0 bridgehead atoms. The molecular weight excluding hydrogens is 270 g/mol. The average molecular weight is 283 g/mol. The van der Waals surface area contributed by atoms with Crippen LogP contribution in [-0.2, 0) is 11.3 Å². The summed E-state index contributed by atoms with van der Waals surface area (Å²) in [5.41, 5.74) is 1.49. The van der Waals surface area contributed by atoms with Crippen molar-refractivity contribution in [2.24, 2.45) is 0 Å². The summed E-state index contributed by atoms with van der Waals surface area (Å²) in [4.78, 5) is 15.6. The predicted molar refractivity (Wildman–Crippen MR) is 75.8 cm³/mol. The summed E-state index contributed by atoms with van der Waals surface area (Å²) in [5.74, 6) is 0.209. The first-order chi connectivity index (χ1) is 10.2. The van der Waals surface area contributed by atoms with E-state index in [0.29, 0.717) is 5.69 Å². The molecule has 6 heteroatoms. The normalized spacial score (nSPS) is 9.52. The van der Waals surface area contributed by atoms with Crippen LogP contribution in [0.15, 0.2) is 42.6 Å². The van der Waals surface area contributed by atoms with Crippen molar-refractivity contribution >= 4 is 11.8 Å². The van der Waals surface area contributed by atoms with Crippen molar-refractivity contribution in [2.75, 3.05) is 12.4 Å². The van der Waals surface area contributed by atoms with Crippen molar-refractivity contribution in [1.29, 1.82) is 5.26 Å². The minimum atomic E-state index is -0.616. The van der Waals surface area contributed by atoms with E-state index in [9.17, 15) is 4.79 Å². The molecule has 6 nitrogen and oxygen atoms in total. The van der Waals surface area contributed by atoms with Gasteiger partial charge in [0.2, 0.25) is 5.88 Å². The zero-order valence-corrected chi connectivity index (χ0v) is 11.4. The molecule has 1 heterocycles. The second-order valence-electron chi connectivity index (χ2n) is 4.08. The van der Waals surface area contributed by atoms with E-state index in [2.05, 4.69) is 10.3 Å². The Bertz CT molecular complexity index is 666. The topological polar surface area (TPSA) is 84.2 Å². The molecule has 0 fully saturated rings. The zero-order chi connectivity index (χ0) is 15.1. The highest BCUT2D eigenvalue weighted by molar-refractivity contribution is 5.84. The van der Waals surface area contributed by atoms with Gasteiger partial charge in [0.1, 0.15) is 18.2 Å². The number of hydrogen-bond acceptors (Lipinski definition) is 5. The highest BCUT2D eigenvalue weighted by Gasteiger charge is 2.08. The van der Waals surface area contributed by atoms with Crippen LogP contribution in [0.4, 0.5) is 10.5 Å². The number of nitrogens with one attached hydrogen (secondary N) is 1. The van der Waals surface area contributed by atoms with Crippen LogP contribution in [0.2, 0.25) is 0 Å². The standard InChI is InChI=1S/C15H13N3O3/c1-20-14-12(8-16)7-13(9-17-14)18-15(19)21-10-11-5-3-2-4-6-11/h2-7,9H,10H2,1H3,(H,18,19). The number of benzene rings is 1.